The SMILES string of the molecule is CCCCC(C(=O)O)C(O)(C(=O)O)C(CCCC)(CCCC)C(=O)O.CCCCOC(=O)CC(O)(CC(=O)OCCCC)C(=O)OCCCC. The summed E-state index contributed by atoms with van der Waals surface area (Å²) in [6.07, 6.45) is 6.03. The highest BCUT2D eigenvalue weighted by Gasteiger charge is 2.65. The topological polar surface area (TPSA) is 231 Å². The Morgan fingerprint density at radius 3 is 1.24 bits per heavy atom. The highest BCUT2D eigenvalue weighted by Crippen LogP contribution is 2.48. The van der Waals surface area contributed by atoms with E-state index in [9.17, 15) is 54.3 Å². The van der Waals surface area contributed by atoms with Crippen LogP contribution < -0.4 is 0 Å². The molecule has 0 rings (SSSR count). The summed E-state index contributed by atoms with van der Waals surface area (Å²) in [5, 5.41) is 50.9. The summed E-state index contributed by atoms with van der Waals surface area (Å²) < 4.78 is 14.9. The minimum Gasteiger partial charge on any atom is -0.481 e. The highest BCUT2D eigenvalue weighted by molar-refractivity contribution is 5.93. The van der Waals surface area contributed by atoms with Gasteiger partial charge in [-0.2, -0.15) is 0 Å². The minimum atomic E-state index is -2.86. The van der Waals surface area contributed by atoms with E-state index < -0.39 is 71.2 Å². The van der Waals surface area contributed by atoms with E-state index in [1.807, 2.05) is 41.5 Å². The van der Waals surface area contributed by atoms with Crippen LogP contribution in [0, 0.1) is 11.3 Å². The molecule has 292 valence electrons. The molecule has 0 aromatic carbocycles. The molecule has 0 aromatic heterocycles. The third-order valence-corrected chi connectivity index (χ3v) is 8.53. The molecule has 0 aliphatic heterocycles. The Hall–Kier alpha value is -3.26. The zero-order valence-electron chi connectivity index (χ0n) is 31.1. The number of hydrogen-bond donors (Lipinski definition) is 5. The molecule has 0 radical (unpaired) electrons. The quantitative estimate of drug-likeness (QED) is 0.0372. The number of carboxylic acid groups (broad SMARTS) is 3. The Morgan fingerprint density at radius 1 is 0.540 bits per heavy atom. The van der Waals surface area contributed by atoms with Gasteiger partial charge in [-0.25, -0.2) is 9.59 Å². The van der Waals surface area contributed by atoms with Crippen molar-refractivity contribution < 1.29 is 68.5 Å². The van der Waals surface area contributed by atoms with Gasteiger partial charge in [0.15, 0.2) is 11.2 Å². The van der Waals surface area contributed by atoms with Crippen molar-refractivity contribution in [1.29, 1.82) is 0 Å². The number of esters is 3. The molecule has 0 saturated heterocycles. The number of carbonyl (C=O) groups is 6. The van der Waals surface area contributed by atoms with Gasteiger partial charge in [0.1, 0.15) is 5.41 Å². The van der Waals surface area contributed by atoms with Crippen LogP contribution in [-0.2, 0) is 43.0 Å². The molecule has 50 heavy (non-hydrogen) atoms. The minimum absolute atomic E-state index is 0.0719. The largest absolute Gasteiger partial charge is 0.481 e. The Balaban J connectivity index is 0. The van der Waals surface area contributed by atoms with Gasteiger partial charge in [-0.15, -0.1) is 0 Å². The van der Waals surface area contributed by atoms with Crippen molar-refractivity contribution in [2.45, 2.75) is 162 Å². The van der Waals surface area contributed by atoms with E-state index in [4.69, 9.17) is 14.2 Å². The normalized spacial score (nSPS) is 13.2. The Labute approximate surface area is 297 Å². The van der Waals surface area contributed by atoms with Gasteiger partial charge in [0.25, 0.3) is 0 Å². The summed E-state index contributed by atoms with van der Waals surface area (Å²) in [6.45, 7) is 11.8. The molecule has 0 amide bonds. The lowest BCUT2D eigenvalue weighted by Gasteiger charge is -2.44. The molecule has 14 nitrogen and oxygen atoms in total. The van der Waals surface area contributed by atoms with E-state index >= 15 is 0 Å². The molecule has 0 saturated carbocycles. The van der Waals surface area contributed by atoms with Crippen LogP contribution in [0.2, 0.25) is 0 Å². The summed E-state index contributed by atoms with van der Waals surface area (Å²) in [5.41, 5.74) is -7.15. The molecule has 0 spiro atoms. The predicted molar refractivity (Wildman–Crippen MR) is 184 cm³/mol. The molecule has 0 aliphatic carbocycles. The van der Waals surface area contributed by atoms with Crippen molar-refractivity contribution in [2.24, 2.45) is 11.3 Å². The van der Waals surface area contributed by atoms with E-state index in [2.05, 4.69) is 0 Å². The number of rotatable bonds is 28. The van der Waals surface area contributed by atoms with E-state index in [0.29, 0.717) is 57.8 Å². The second-order valence-corrected chi connectivity index (χ2v) is 12.7. The Kier molecular flexibility index (Phi) is 25.9. The molecule has 14 heteroatoms. The summed E-state index contributed by atoms with van der Waals surface area (Å²) >= 11 is 0. The fourth-order valence-corrected chi connectivity index (χ4v) is 5.34. The van der Waals surface area contributed by atoms with Crippen LogP contribution in [0.5, 0.6) is 0 Å². The average Bonchev–Trinajstić information content (AvgIpc) is 3.05. The number of aliphatic hydroxyl groups is 2. The molecular weight excluding hydrogens is 656 g/mol. The lowest BCUT2D eigenvalue weighted by Crippen LogP contribution is -2.64. The van der Waals surface area contributed by atoms with Crippen molar-refractivity contribution in [3.05, 3.63) is 0 Å². The van der Waals surface area contributed by atoms with Crippen LogP contribution in [-0.4, -0.2) is 92.4 Å². The molecule has 2 atom stereocenters. The van der Waals surface area contributed by atoms with Gasteiger partial charge < -0.3 is 39.7 Å². The predicted octanol–water partition coefficient (Wildman–Crippen LogP) is 5.67. The number of aliphatic carboxylic acids is 3. The number of hydrogen-bond acceptors (Lipinski definition) is 11. The zero-order valence-corrected chi connectivity index (χ0v) is 31.1. The van der Waals surface area contributed by atoms with Crippen molar-refractivity contribution in [1.82, 2.24) is 0 Å². The molecule has 0 bridgehead atoms. The number of carbonyl (C=O) groups excluding carboxylic acids is 3. The molecule has 0 aliphatic rings. The number of ether oxygens (including phenoxy) is 3. The first-order valence-electron chi connectivity index (χ1n) is 18.2. The van der Waals surface area contributed by atoms with E-state index in [0.717, 1.165) is 19.3 Å². The molecule has 0 aromatic rings. The standard InChI is InChI=1S/2C18H32O7/c1-4-7-10-23-15(19)13-18(22,17(21)25-12-9-6-3)14-16(20)24-11-8-5-2;1-4-7-10-13(14(19)20)18(25,16(23)24)17(15(21)22,11-8-5-2)12-9-6-3/h22H,4-14H2,1-3H3;13,25H,4-12H2,1-3H3,(H,19,20)(H,21,22)(H,23,24). The fourth-order valence-electron chi connectivity index (χ4n) is 5.34. The summed E-state index contributed by atoms with van der Waals surface area (Å²) in [5.74, 6) is -8.85. The first-order valence-corrected chi connectivity index (χ1v) is 18.2. The van der Waals surface area contributed by atoms with E-state index in [1.54, 1.807) is 0 Å². The van der Waals surface area contributed by atoms with Crippen molar-refractivity contribution in [3.8, 4) is 0 Å². The summed E-state index contributed by atoms with van der Waals surface area (Å²) in [4.78, 5) is 71.9. The van der Waals surface area contributed by atoms with Crippen molar-refractivity contribution in [2.75, 3.05) is 19.8 Å². The Bertz CT molecular complexity index is 994. The van der Waals surface area contributed by atoms with Crippen LogP contribution in [0.25, 0.3) is 0 Å². The number of unbranched alkanes of at least 4 members (excludes halogenated alkanes) is 6. The van der Waals surface area contributed by atoms with Gasteiger partial charge in [0, 0.05) is 0 Å². The first kappa shape index (κ1) is 48.9. The van der Waals surface area contributed by atoms with Crippen LogP contribution in [0.15, 0.2) is 0 Å². The molecule has 2 unspecified atom stereocenters. The average molecular weight is 721 g/mol. The first-order chi connectivity index (χ1) is 23.5. The van der Waals surface area contributed by atoms with E-state index in [-0.39, 0.29) is 39.1 Å². The van der Waals surface area contributed by atoms with Gasteiger partial charge in [-0.1, -0.05) is 99.3 Å². The van der Waals surface area contributed by atoms with Crippen LogP contribution in [0.4, 0.5) is 0 Å². The zero-order chi connectivity index (χ0) is 38.8. The molecule has 0 fully saturated rings. The van der Waals surface area contributed by atoms with Gasteiger partial charge in [0.05, 0.1) is 38.6 Å². The van der Waals surface area contributed by atoms with Gasteiger partial charge in [0.2, 0.25) is 0 Å². The third-order valence-electron chi connectivity index (χ3n) is 8.53. The maximum atomic E-state index is 12.2. The summed E-state index contributed by atoms with van der Waals surface area (Å²) in [7, 11) is 0. The maximum Gasteiger partial charge on any atom is 0.339 e. The molecular formula is C36H64O14. The fraction of sp³-hybridized carbons (Fsp3) is 0.833. The smallest absolute Gasteiger partial charge is 0.339 e. The lowest BCUT2D eigenvalue weighted by atomic mass is 9.59. The van der Waals surface area contributed by atoms with Gasteiger partial charge in [-0.05, 0) is 38.5 Å². The summed E-state index contributed by atoms with van der Waals surface area (Å²) in [6, 6.07) is 0. The second kappa shape index (κ2) is 26.5. The molecule has 5 N–H and O–H groups in total. The van der Waals surface area contributed by atoms with Gasteiger partial charge >= 0.3 is 35.8 Å². The third kappa shape index (κ3) is 16.2. The monoisotopic (exact) mass is 720 g/mol. The highest BCUT2D eigenvalue weighted by atomic mass is 16.6. The molecule has 0 heterocycles. The van der Waals surface area contributed by atoms with Crippen LogP contribution in [0.1, 0.15) is 151 Å². The Morgan fingerprint density at radius 2 is 0.920 bits per heavy atom. The lowest BCUT2D eigenvalue weighted by molar-refractivity contribution is -0.207. The van der Waals surface area contributed by atoms with E-state index in [1.165, 1.54) is 0 Å². The van der Waals surface area contributed by atoms with Crippen molar-refractivity contribution >= 4 is 35.8 Å². The maximum absolute atomic E-state index is 12.2. The van der Waals surface area contributed by atoms with Crippen molar-refractivity contribution in [3.63, 3.8) is 0 Å². The van der Waals surface area contributed by atoms with Crippen LogP contribution in [0.3, 0.4) is 0 Å². The number of carboxylic acids is 3. The van der Waals surface area contributed by atoms with Gasteiger partial charge in [-0.3, -0.25) is 19.2 Å². The van der Waals surface area contributed by atoms with Crippen LogP contribution >= 0.6 is 0 Å². The second-order valence-electron chi connectivity index (χ2n) is 12.7.